The zero-order valence-corrected chi connectivity index (χ0v) is 12.2. The van der Waals surface area contributed by atoms with E-state index in [0.29, 0.717) is 17.2 Å². The van der Waals surface area contributed by atoms with Crippen molar-refractivity contribution >= 4 is 35.0 Å². The first-order valence-electron chi connectivity index (χ1n) is 6.29. The third kappa shape index (κ3) is 2.27. The lowest BCUT2D eigenvalue weighted by Crippen LogP contribution is -2.46. The molecule has 2 unspecified atom stereocenters. The van der Waals surface area contributed by atoms with Gasteiger partial charge in [0.05, 0.1) is 10.9 Å². The topological polar surface area (TPSA) is 57.6 Å². The Morgan fingerprint density at radius 1 is 1.37 bits per heavy atom. The van der Waals surface area contributed by atoms with Crippen molar-refractivity contribution in [3.8, 4) is 0 Å². The SMILES string of the molecule is Cc1cscc1C(=O)N1C(C(=O)O)CSC1C1CC1. The molecule has 2 heterocycles. The Morgan fingerprint density at radius 3 is 2.63 bits per heavy atom. The van der Waals surface area contributed by atoms with Gasteiger partial charge in [-0.3, -0.25) is 4.79 Å². The van der Waals surface area contributed by atoms with Crippen LogP contribution in [0.1, 0.15) is 28.8 Å². The summed E-state index contributed by atoms with van der Waals surface area (Å²) in [7, 11) is 0. The summed E-state index contributed by atoms with van der Waals surface area (Å²) in [6, 6.07) is -0.678. The molecule has 102 valence electrons. The average Bonchev–Trinajstić information content (AvgIpc) is 2.97. The van der Waals surface area contributed by atoms with Gasteiger partial charge >= 0.3 is 5.97 Å². The van der Waals surface area contributed by atoms with E-state index in [0.717, 1.165) is 18.4 Å². The highest BCUT2D eigenvalue weighted by atomic mass is 32.2. The van der Waals surface area contributed by atoms with Crippen LogP contribution in [0.15, 0.2) is 10.8 Å². The number of aliphatic carboxylic acids is 1. The number of hydrogen-bond donors (Lipinski definition) is 1. The van der Waals surface area contributed by atoms with Crippen molar-refractivity contribution in [3.05, 3.63) is 21.9 Å². The maximum absolute atomic E-state index is 12.6. The van der Waals surface area contributed by atoms with Gasteiger partial charge < -0.3 is 10.0 Å². The maximum Gasteiger partial charge on any atom is 0.327 e. The quantitative estimate of drug-likeness (QED) is 0.931. The molecule has 4 nitrogen and oxygen atoms in total. The molecule has 2 fully saturated rings. The molecule has 19 heavy (non-hydrogen) atoms. The monoisotopic (exact) mass is 297 g/mol. The van der Waals surface area contributed by atoms with Gasteiger partial charge in [-0.15, -0.1) is 11.8 Å². The number of nitrogens with zero attached hydrogens (tertiary/aromatic N) is 1. The first-order valence-corrected chi connectivity index (χ1v) is 8.28. The summed E-state index contributed by atoms with van der Waals surface area (Å²) < 4.78 is 0. The van der Waals surface area contributed by atoms with E-state index in [1.54, 1.807) is 16.7 Å². The minimum absolute atomic E-state index is 0.0490. The first kappa shape index (κ1) is 13.0. The Morgan fingerprint density at radius 2 is 2.11 bits per heavy atom. The molecule has 2 atom stereocenters. The zero-order valence-electron chi connectivity index (χ0n) is 10.5. The molecule has 6 heteroatoms. The van der Waals surface area contributed by atoms with Gasteiger partial charge in [-0.2, -0.15) is 11.3 Å². The zero-order chi connectivity index (χ0) is 13.6. The standard InChI is InChI=1S/C13H15NO3S2/c1-7-4-18-5-9(7)11(15)14-10(13(16)17)6-19-12(14)8-2-3-8/h4-5,8,10,12H,2-3,6H2,1H3,(H,16,17). The number of thiophene rings is 1. The molecule has 2 aliphatic rings. The fourth-order valence-electron chi connectivity index (χ4n) is 2.44. The van der Waals surface area contributed by atoms with Crippen LogP contribution in [-0.4, -0.2) is 39.1 Å². The molecule has 0 spiro atoms. The number of carbonyl (C=O) groups excluding carboxylic acids is 1. The third-order valence-electron chi connectivity index (χ3n) is 3.67. The Bertz CT molecular complexity index is 524. The number of rotatable bonds is 3. The summed E-state index contributed by atoms with van der Waals surface area (Å²) >= 11 is 3.10. The van der Waals surface area contributed by atoms with Gasteiger partial charge in [-0.25, -0.2) is 4.79 Å². The van der Waals surface area contributed by atoms with Crippen LogP contribution in [0.5, 0.6) is 0 Å². The molecule has 1 aromatic rings. The van der Waals surface area contributed by atoms with Crippen LogP contribution in [0.2, 0.25) is 0 Å². The van der Waals surface area contributed by atoms with Crippen LogP contribution in [0, 0.1) is 12.8 Å². The first-order chi connectivity index (χ1) is 9.09. The van der Waals surface area contributed by atoms with Crippen LogP contribution >= 0.6 is 23.1 Å². The molecule has 1 saturated carbocycles. The van der Waals surface area contributed by atoms with Gasteiger partial charge in [-0.1, -0.05) is 0 Å². The second-order valence-electron chi connectivity index (χ2n) is 5.10. The number of carbonyl (C=O) groups is 2. The lowest BCUT2D eigenvalue weighted by Gasteiger charge is -2.27. The predicted molar refractivity (Wildman–Crippen MR) is 75.6 cm³/mol. The van der Waals surface area contributed by atoms with E-state index in [-0.39, 0.29) is 11.3 Å². The highest BCUT2D eigenvalue weighted by Gasteiger charge is 2.48. The highest BCUT2D eigenvalue weighted by molar-refractivity contribution is 8.00. The smallest absolute Gasteiger partial charge is 0.327 e. The van der Waals surface area contributed by atoms with Crippen molar-refractivity contribution in [2.45, 2.75) is 31.2 Å². The molecule has 3 rings (SSSR count). The second-order valence-corrected chi connectivity index (χ2v) is 6.99. The fourth-order valence-corrected chi connectivity index (χ4v) is 4.89. The normalized spacial score (nSPS) is 26.7. The van der Waals surface area contributed by atoms with Crippen LogP contribution < -0.4 is 0 Å². The summed E-state index contributed by atoms with van der Waals surface area (Å²) in [6.45, 7) is 1.90. The van der Waals surface area contributed by atoms with E-state index in [2.05, 4.69) is 0 Å². The summed E-state index contributed by atoms with van der Waals surface area (Å²) in [5.41, 5.74) is 1.59. The second kappa shape index (κ2) is 4.83. The van der Waals surface area contributed by atoms with Crippen molar-refractivity contribution in [2.75, 3.05) is 5.75 Å². The molecule has 1 aliphatic heterocycles. The number of aryl methyl sites for hydroxylation is 1. The lowest BCUT2D eigenvalue weighted by atomic mass is 10.1. The predicted octanol–water partition coefficient (Wildman–Crippen LogP) is 2.43. The largest absolute Gasteiger partial charge is 0.480 e. The molecule has 1 aromatic heterocycles. The van der Waals surface area contributed by atoms with Crippen molar-refractivity contribution in [2.24, 2.45) is 5.92 Å². The number of carboxylic acids is 1. The molecule has 0 bridgehead atoms. The van der Waals surface area contributed by atoms with E-state index in [9.17, 15) is 14.7 Å². The van der Waals surface area contributed by atoms with E-state index in [1.807, 2.05) is 17.7 Å². The van der Waals surface area contributed by atoms with Crippen molar-refractivity contribution in [1.82, 2.24) is 4.90 Å². The van der Waals surface area contributed by atoms with Crippen molar-refractivity contribution < 1.29 is 14.7 Å². The summed E-state index contributed by atoms with van der Waals surface area (Å²) in [6.07, 6.45) is 2.22. The van der Waals surface area contributed by atoms with Crippen molar-refractivity contribution in [3.63, 3.8) is 0 Å². The van der Waals surface area contributed by atoms with Gasteiger partial charge in [-0.05, 0) is 36.6 Å². The van der Waals surface area contributed by atoms with Crippen LogP contribution in [0.4, 0.5) is 0 Å². The molecule has 0 radical (unpaired) electrons. The summed E-state index contributed by atoms with van der Waals surface area (Å²) in [4.78, 5) is 25.6. The van der Waals surface area contributed by atoms with E-state index >= 15 is 0 Å². The van der Waals surface area contributed by atoms with Gasteiger partial charge in [0.1, 0.15) is 6.04 Å². The highest BCUT2D eigenvalue weighted by Crippen LogP contribution is 2.46. The van der Waals surface area contributed by atoms with E-state index < -0.39 is 12.0 Å². The lowest BCUT2D eigenvalue weighted by molar-refractivity contribution is -0.141. The van der Waals surface area contributed by atoms with Gasteiger partial charge in [0.15, 0.2) is 0 Å². The molecule has 1 amide bonds. The van der Waals surface area contributed by atoms with E-state index in [1.165, 1.54) is 11.3 Å². The van der Waals surface area contributed by atoms with Gasteiger partial charge in [0.2, 0.25) is 0 Å². The molecule has 1 saturated heterocycles. The molecule has 1 N–H and O–H groups in total. The van der Waals surface area contributed by atoms with Gasteiger partial charge in [0, 0.05) is 11.1 Å². The maximum atomic E-state index is 12.6. The van der Waals surface area contributed by atoms with Crippen LogP contribution in [-0.2, 0) is 4.79 Å². The average molecular weight is 297 g/mol. The number of carboxylic acid groups (broad SMARTS) is 1. The molecule has 1 aliphatic carbocycles. The minimum atomic E-state index is -0.892. The molecular weight excluding hydrogens is 282 g/mol. The molecular formula is C13H15NO3S2. The van der Waals surface area contributed by atoms with Crippen LogP contribution in [0.25, 0.3) is 0 Å². The number of thioether (sulfide) groups is 1. The van der Waals surface area contributed by atoms with Crippen LogP contribution in [0.3, 0.4) is 0 Å². The number of hydrogen-bond acceptors (Lipinski definition) is 4. The summed E-state index contributed by atoms with van der Waals surface area (Å²) in [5.74, 6) is -0.0204. The number of amides is 1. The van der Waals surface area contributed by atoms with Gasteiger partial charge in [0.25, 0.3) is 5.91 Å². The minimum Gasteiger partial charge on any atom is -0.480 e. The van der Waals surface area contributed by atoms with Crippen molar-refractivity contribution in [1.29, 1.82) is 0 Å². The Kier molecular flexibility index (Phi) is 3.30. The summed E-state index contributed by atoms with van der Waals surface area (Å²) in [5, 5.41) is 13.1. The Balaban J connectivity index is 1.91. The Labute approximate surface area is 119 Å². The third-order valence-corrected chi connectivity index (χ3v) is 5.99. The Hall–Kier alpha value is -1.01. The fraction of sp³-hybridized carbons (Fsp3) is 0.538. The van der Waals surface area contributed by atoms with E-state index in [4.69, 9.17) is 0 Å². The molecule has 0 aromatic carbocycles.